The van der Waals surface area contributed by atoms with Gasteiger partial charge in [0.2, 0.25) is 0 Å². The fraction of sp³-hybridized carbons (Fsp3) is 0.529. The lowest BCUT2D eigenvalue weighted by molar-refractivity contribution is -0.0734. The molecule has 102 valence electrons. The van der Waals surface area contributed by atoms with Gasteiger partial charge in [-0.3, -0.25) is 0 Å². The summed E-state index contributed by atoms with van der Waals surface area (Å²) >= 11 is 0. The lowest BCUT2D eigenvalue weighted by Crippen LogP contribution is -2.43. The lowest BCUT2D eigenvalue weighted by atomic mass is 9.70. The van der Waals surface area contributed by atoms with Crippen LogP contribution in [0.15, 0.2) is 49.1 Å². The third-order valence-electron chi connectivity index (χ3n) is 4.66. The predicted octanol–water partition coefficient (Wildman–Crippen LogP) is 3.02. The van der Waals surface area contributed by atoms with Gasteiger partial charge in [0.25, 0.3) is 0 Å². The van der Waals surface area contributed by atoms with Crippen molar-refractivity contribution in [1.82, 2.24) is 0 Å². The van der Waals surface area contributed by atoms with E-state index < -0.39 is 5.60 Å². The molecule has 1 fully saturated rings. The molecule has 0 aromatic carbocycles. The van der Waals surface area contributed by atoms with Gasteiger partial charge in [-0.15, -0.1) is 6.58 Å². The van der Waals surface area contributed by atoms with Crippen molar-refractivity contribution in [2.75, 3.05) is 6.61 Å². The molecule has 0 aromatic rings. The first-order valence-corrected chi connectivity index (χ1v) is 7.18. The van der Waals surface area contributed by atoms with Gasteiger partial charge in [-0.1, -0.05) is 42.5 Å². The van der Waals surface area contributed by atoms with Crippen LogP contribution in [0.5, 0.6) is 0 Å². The van der Waals surface area contributed by atoms with Crippen molar-refractivity contribution >= 4 is 0 Å². The van der Waals surface area contributed by atoms with E-state index in [1.54, 1.807) is 0 Å². The van der Waals surface area contributed by atoms with E-state index in [1.165, 1.54) is 0 Å². The Morgan fingerprint density at radius 3 is 3.00 bits per heavy atom. The molecule has 0 amide bonds. The molecule has 3 aliphatic rings. The van der Waals surface area contributed by atoms with Gasteiger partial charge in [-0.25, -0.2) is 0 Å². The molecule has 2 aliphatic carbocycles. The van der Waals surface area contributed by atoms with Crippen molar-refractivity contribution < 1.29 is 9.84 Å². The van der Waals surface area contributed by atoms with E-state index in [0.717, 1.165) is 13.0 Å². The normalized spacial score (nSPS) is 44.3. The molecule has 0 radical (unpaired) electrons. The van der Waals surface area contributed by atoms with Crippen molar-refractivity contribution in [3.05, 3.63) is 49.1 Å². The quantitative estimate of drug-likeness (QED) is 0.771. The van der Waals surface area contributed by atoms with Crippen LogP contribution in [0.1, 0.15) is 19.3 Å². The number of aliphatic hydroxyl groups is 1. The minimum Gasteiger partial charge on any atom is -0.389 e. The van der Waals surface area contributed by atoms with Crippen LogP contribution in [0.3, 0.4) is 0 Å². The predicted molar refractivity (Wildman–Crippen MR) is 76.6 cm³/mol. The monoisotopic (exact) mass is 258 g/mol. The molecule has 19 heavy (non-hydrogen) atoms. The molecule has 1 aliphatic heterocycles. The number of rotatable bonds is 2. The average Bonchev–Trinajstić information content (AvgIpc) is 2.57. The van der Waals surface area contributed by atoms with Gasteiger partial charge in [0.1, 0.15) is 0 Å². The molecule has 5 atom stereocenters. The topological polar surface area (TPSA) is 29.5 Å². The molecule has 1 heterocycles. The maximum absolute atomic E-state index is 10.8. The molecular formula is C17H22O2. The van der Waals surface area contributed by atoms with Gasteiger partial charge < -0.3 is 9.84 Å². The van der Waals surface area contributed by atoms with E-state index in [-0.39, 0.29) is 6.10 Å². The molecule has 5 unspecified atom stereocenters. The van der Waals surface area contributed by atoms with Crippen molar-refractivity contribution in [1.29, 1.82) is 0 Å². The molecule has 0 bridgehead atoms. The highest BCUT2D eigenvalue weighted by Gasteiger charge is 2.43. The summed E-state index contributed by atoms with van der Waals surface area (Å²) in [6.07, 6.45) is 17.1. The van der Waals surface area contributed by atoms with E-state index in [4.69, 9.17) is 4.74 Å². The fourth-order valence-electron chi connectivity index (χ4n) is 3.69. The molecule has 0 aromatic heterocycles. The largest absolute Gasteiger partial charge is 0.389 e. The van der Waals surface area contributed by atoms with E-state index in [0.29, 0.717) is 30.6 Å². The highest BCUT2D eigenvalue weighted by Crippen LogP contribution is 2.43. The van der Waals surface area contributed by atoms with Crippen LogP contribution in [0, 0.1) is 17.8 Å². The third-order valence-corrected chi connectivity index (χ3v) is 4.66. The van der Waals surface area contributed by atoms with Crippen LogP contribution in [0.2, 0.25) is 0 Å². The van der Waals surface area contributed by atoms with Crippen molar-refractivity contribution in [2.24, 2.45) is 17.8 Å². The van der Waals surface area contributed by atoms with Crippen molar-refractivity contribution in [3.8, 4) is 0 Å². The Morgan fingerprint density at radius 2 is 2.16 bits per heavy atom. The smallest absolute Gasteiger partial charge is 0.0791 e. The van der Waals surface area contributed by atoms with Crippen molar-refractivity contribution in [2.45, 2.75) is 31.0 Å². The molecule has 3 rings (SSSR count). The van der Waals surface area contributed by atoms with Crippen LogP contribution in [-0.4, -0.2) is 23.4 Å². The summed E-state index contributed by atoms with van der Waals surface area (Å²) in [5, 5.41) is 10.8. The van der Waals surface area contributed by atoms with Crippen LogP contribution in [0.4, 0.5) is 0 Å². The lowest BCUT2D eigenvalue weighted by Gasteiger charge is -2.42. The zero-order valence-corrected chi connectivity index (χ0v) is 11.2. The van der Waals surface area contributed by atoms with Crippen LogP contribution >= 0.6 is 0 Å². The number of hydrogen-bond donors (Lipinski definition) is 1. The molecule has 0 spiro atoms. The molecule has 0 saturated carbocycles. The molecule has 2 heteroatoms. The van der Waals surface area contributed by atoms with Gasteiger partial charge in [-0.2, -0.15) is 0 Å². The van der Waals surface area contributed by atoms with E-state index >= 15 is 0 Å². The van der Waals surface area contributed by atoms with Crippen LogP contribution < -0.4 is 0 Å². The summed E-state index contributed by atoms with van der Waals surface area (Å²) in [5.74, 6) is 1.32. The highest BCUT2D eigenvalue weighted by molar-refractivity contribution is 5.20. The average molecular weight is 258 g/mol. The first kappa shape index (κ1) is 12.9. The number of hydrogen-bond acceptors (Lipinski definition) is 2. The second-order valence-corrected chi connectivity index (χ2v) is 6.03. The first-order chi connectivity index (χ1) is 9.22. The maximum Gasteiger partial charge on any atom is 0.0791 e. The summed E-state index contributed by atoms with van der Waals surface area (Å²) < 4.78 is 5.99. The Bertz CT molecular complexity index is 435. The fourth-order valence-corrected chi connectivity index (χ4v) is 3.69. The zero-order valence-electron chi connectivity index (χ0n) is 11.2. The van der Waals surface area contributed by atoms with E-state index in [1.807, 2.05) is 6.08 Å². The zero-order chi connectivity index (χ0) is 13.3. The minimum absolute atomic E-state index is 0.149. The van der Waals surface area contributed by atoms with E-state index in [2.05, 4.69) is 43.0 Å². The maximum atomic E-state index is 10.8. The first-order valence-electron chi connectivity index (χ1n) is 7.18. The number of allylic oxidation sites excluding steroid dienone is 3. The third kappa shape index (κ3) is 2.47. The Hall–Kier alpha value is -1.12. The van der Waals surface area contributed by atoms with Gasteiger partial charge in [0.15, 0.2) is 0 Å². The summed E-state index contributed by atoms with van der Waals surface area (Å²) in [6, 6.07) is 0. The van der Waals surface area contributed by atoms with Gasteiger partial charge in [0.05, 0.1) is 18.3 Å². The molecular weight excluding hydrogens is 236 g/mol. The Morgan fingerprint density at radius 1 is 1.32 bits per heavy atom. The van der Waals surface area contributed by atoms with Crippen LogP contribution in [-0.2, 0) is 4.74 Å². The Labute approximate surface area is 115 Å². The highest BCUT2D eigenvalue weighted by atomic mass is 16.5. The van der Waals surface area contributed by atoms with Gasteiger partial charge in [0, 0.05) is 5.92 Å². The van der Waals surface area contributed by atoms with Crippen molar-refractivity contribution in [3.63, 3.8) is 0 Å². The number of fused-ring (bicyclic) bond motifs is 3. The molecule has 1 N–H and O–H groups in total. The Balaban J connectivity index is 1.86. The summed E-state index contributed by atoms with van der Waals surface area (Å²) in [7, 11) is 0. The minimum atomic E-state index is -0.655. The van der Waals surface area contributed by atoms with E-state index in [9.17, 15) is 5.11 Å². The second kappa shape index (κ2) is 5.10. The summed E-state index contributed by atoms with van der Waals surface area (Å²) in [4.78, 5) is 0. The molecule has 1 saturated heterocycles. The Kier molecular flexibility index (Phi) is 3.46. The number of ether oxygens (including phenoxy) is 1. The second-order valence-electron chi connectivity index (χ2n) is 6.03. The molecule has 2 nitrogen and oxygen atoms in total. The summed E-state index contributed by atoms with van der Waals surface area (Å²) in [6.45, 7) is 4.56. The van der Waals surface area contributed by atoms with Crippen LogP contribution in [0.25, 0.3) is 0 Å². The van der Waals surface area contributed by atoms with Gasteiger partial charge in [-0.05, 0) is 31.1 Å². The standard InChI is InChI=1S/C17H22O2/c1-2-9-17(18)10-5-8-16-15(11-17)14-7-4-3-6-13(14)12-19-16/h2-8,13-16,18H,1,9-12H2. The summed E-state index contributed by atoms with van der Waals surface area (Å²) in [5.41, 5.74) is -0.655. The SMILES string of the molecule is C=CCC1(O)CC=CC2OCC3C=CC=CC3C2C1. The van der Waals surface area contributed by atoms with Gasteiger partial charge >= 0.3 is 0 Å².